The third kappa shape index (κ3) is 5.16. The fraction of sp³-hybridized carbons (Fsp3) is 0.350. The lowest BCUT2D eigenvalue weighted by molar-refractivity contribution is 0.0948. The van der Waals surface area contributed by atoms with E-state index in [9.17, 15) is 13.2 Å². The van der Waals surface area contributed by atoms with Crippen LogP contribution < -0.4 is 19.5 Å². The Bertz CT molecular complexity index is 955. The maximum atomic E-state index is 12.8. The van der Waals surface area contributed by atoms with Crippen LogP contribution in [-0.4, -0.2) is 35.1 Å². The van der Waals surface area contributed by atoms with Crippen molar-refractivity contribution < 1.29 is 22.7 Å². The zero-order valence-electron chi connectivity index (χ0n) is 16.7. The molecule has 28 heavy (non-hydrogen) atoms. The molecule has 0 saturated heterocycles. The summed E-state index contributed by atoms with van der Waals surface area (Å²) >= 11 is 0. The van der Waals surface area contributed by atoms with Gasteiger partial charge < -0.3 is 14.8 Å². The normalized spacial score (nSPS) is 11.2. The van der Waals surface area contributed by atoms with Gasteiger partial charge in [-0.1, -0.05) is 19.9 Å². The highest BCUT2D eigenvalue weighted by atomic mass is 32.2. The van der Waals surface area contributed by atoms with E-state index in [0.29, 0.717) is 35.1 Å². The SMILES string of the molecule is COc1ccc(NS(=O)(=O)c2ccc(C)c(C(=O)NCC(C)C)c2)c(OC)c1. The Balaban J connectivity index is 2.34. The molecule has 0 fully saturated rings. The quantitative estimate of drug-likeness (QED) is 0.702. The zero-order valence-corrected chi connectivity index (χ0v) is 17.5. The number of hydrogen-bond acceptors (Lipinski definition) is 5. The van der Waals surface area contributed by atoms with E-state index in [0.717, 1.165) is 0 Å². The summed E-state index contributed by atoms with van der Waals surface area (Å²) in [6, 6.07) is 9.22. The average molecular weight is 407 g/mol. The third-order valence-electron chi connectivity index (χ3n) is 4.09. The number of methoxy groups -OCH3 is 2. The summed E-state index contributed by atoms with van der Waals surface area (Å²) in [5.41, 5.74) is 1.29. The number of amides is 1. The molecule has 0 bridgehead atoms. The average Bonchev–Trinajstić information content (AvgIpc) is 2.66. The van der Waals surface area contributed by atoms with Crippen molar-refractivity contribution in [2.45, 2.75) is 25.7 Å². The van der Waals surface area contributed by atoms with Crippen LogP contribution in [-0.2, 0) is 10.0 Å². The Labute approximate surface area is 166 Å². The maximum absolute atomic E-state index is 12.8. The van der Waals surface area contributed by atoms with E-state index >= 15 is 0 Å². The smallest absolute Gasteiger partial charge is 0.262 e. The predicted octanol–water partition coefficient (Wildman–Crippen LogP) is 3.20. The molecule has 0 atom stereocenters. The van der Waals surface area contributed by atoms with Gasteiger partial charge in [0.05, 0.1) is 24.8 Å². The Morgan fingerprint density at radius 1 is 1.07 bits per heavy atom. The lowest BCUT2D eigenvalue weighted by atomic mass is 10.1. The van der Waals surface area contributed by atoms with Crippen LogP contribution in [0.1, 0.15) is 29.8 Å². The van der Waals surface area contributed by atoms with Gasteiger partial charge in [-0.05, 0) is 42.7 Å². The largest absolute Gasteiger partial charge is 0.497 e. The lowest BCUT2D eigenvalue weighted by Crippen LogP contribution is -2.28. The Morgan fingerprint density at radius 2 is 1.79 bits per heavy atom. The van der Waals surface area contributed by atoms with Gasteiger partial charge in [0, 0.05) is 18.2 Å². The second-order valence-corrected chi connectivity index (χ2v) is 8.43. The van der Waals surface area contributed by atoms with Gasteiger partial charge in [-0.2, -0.15) is 0 Å². The molecule has 0 heterocycles. The second kappa shape index (κ2) is 8.97. The highest BCUT2D eigenvalue weighted by Gasteiger charge is 2.20. The minimum atomic E-state index is -3.92. The first kappa shape index (κ1) is 21.6. The van der Waals surface area contributed by atoms with Gasteiger partial charge in [-0.25, -0.2) is 8.42 Å². The van der Waals surface area contributed by atoms with Crippen molar-refractivity contribution in [3.8, 4) is 11.5 Å². The van der Waals surface area contributed by atoms with Crippen LogP contribution in [0.25, 0.3) is 0 Å². The van der Waals surface area contributed by atoms with Crippen LogP contribution in [0.5, 0.6) is 11.5 Å². The number of ether oxygens (including phenoxy) is 2. The van der Waals surface area contributed by atoms with Crippen LogP contribution in [0.3, 0.4) is 0 Å². The molecule has 1 amide bonds. The topological polar surface area (TPSA) is 93.7 Å². The maximum Gasteiger partial charge on any atom is 0.262 e. The van der Waals surface area contributed by atoms with Gasteiger partial charge in [0.1, 0.15) is 11.5 Å². The van der Waals surface area contributed by atoms with Crippen LogP contribution in [0.15, 0.2) is 41.3 Å². The van der Waals surface area contributed by atoms with E-state index < -0.39 is 10.0 Å². The van der Waals surface area contributed by atoms with Crippen molar-refractivity contribution in [1.82, 2.24) is 5.32 Å². The number of carbonyl (C=O) groups excluding carboxylic acids is 1. The summed E-state index contributed by atoms with van der Waals surface area (Å²) < 4.78 is 38.5. The van der Waals surface area contributed by atoms with Crippen LogP contribution in [0.4, 0.5) is 5.69 Å². The summed E-state index contributed by atoms with van der Waals surface area (Å²) in [5.74, 6) is 0.856. The number of aryl methyl sites for hydroxylation is 1. The summed E-state index contributed by atoms with van der Waals surface area (Å²) in [4.78, 5) is 12.4. The van der Waals surface area contributed by atoms with Crippen molar-refractivity contribution in [2.24, 2.45) is 5.92 Å². The number of carbonyl (C=O) groups is 1. The molecular formula is C20H26N2O5S. The number of sulfonamides is 1. The van der Waals surface area contributed by atoms with Gasteiger partial charge in [-0.15, -0.1) is 0 Å². The number of hydrogen-bond donors (Lipinski definition) is 2. The Kier molecular flexibility index (Phi) is 6.90. The Hall–Kier alpha value is -2.74. The van der Waals surface area contributed by atoms with Gasteiger partial charge in [0.2, 0.25) is 0 Å². The van der Waals surface area contributed by atoms with Crippen LogP contribution in [0.2, 0.25) is 0 Å². The van der Waals surface area contributed by atoms with Crippen LogP contribution >= 0.6 is 0 Å². The summed E-state index contributed by atoms with van der Waals surface area (Å²) in [6.07, 6.45) is 0. The van der Waals surface area contributed by atoms with Crippen molar-refractivity contribution >= 4 is 21.6 Å². The van der Waals surface area contributed by atoms with E-state index in [-0.39, 0.29) is 16.5 Å². The van der Waals surface area contributed by atoms with Crippen molar-refractivity contribution in [3.63, 3.8) is 0 Å². The van der Waals surface area contributed by atoms with Crippen molar-refractivity contribution in [1.29, 1.82) is 0 Å². The molecule has 0 aliphatic rings. The molecule has 2 aromatic rings. The van der Waals surface area contributed by atoms with Gasteiger partial charge >= 0.3 is 0 Å². The van der Waals surface area contributed by atoms with E-state index in [1.165, 1.54) is 26.4 Å². The summed E-state index contributed by atoms with van der Waals surface area (Å²) in [5, 5.41) is 2.81. The molecule has 8 heteroatoms. The molecule has 0 unspecified atom stereocenters. The molecule has 0 spiro atoms. The highest BCUT2D eigenvalue weighted by molar-refractivity contribution is 7.92. The summed E-state index contributed by atoms with van der Waals surface area (Å²) in [6.45, 7) is 6.25. The van der Waals surface area contributed by atoms with Gasteiger partial charge in [0.25, 0.3) is 15.9 Å². The minimum Gasteiger partial charge on any atom is -0.497 e. The highest BCUT2D eigenvalue weighted by Crippen LogP contribution is 2.31. The van der Waals surface area contributed by atoms with Crippen molar-refractivity contribution in [2.75, 3.05) is 25.5 Å². The van der Waals surface area contributed by atoms with Crippen molar-refractivity contribution in [3.05, 3.63) is 47.5 Å². The predicted molar refractivity (Wildman–Crippen MR) is 109 cm³/mol. The molecule has 0 aliphatic carbocycles. The monoisotopic (exact) mass is 406 g/mol. The molecule has 0 radical (unpaired) electrons. The number of nitrogens with one attached hydrogen (secondary N) is 2. The van der Waals surface area contributed by atoms with Gasteiger partial charge in [0.15, 0.2) is 0 Å². The fourth-order valence-corrected chi connectivity index (χ4v) is 3.59. The van der Waals surface area contributed by atoms with Crippen LogP contribution in [0, 0.1) is 12.8 Å². The minimum absolute atomic E-state index is 0.00864. The van der Waals surface area contributed by atoms with E-state index in [1.807, 2.05) is 13.8 Å². The van der Waals surface area contributed by atoms with E-state index in [2.05, 4.69) is 10.0 Å². The van der Waals surface area contributed by atoms with Gasteiger partial charge in [-0.3, -0.25) is 9.52 Å². The first-order valence-corrected chi connectivity index (χ1v) is 10.3. The first-order chi connectivity index (χ1) is 13.2. The molecule has 152 valence electrons. The molecule has 0 saturated carbocycles. The van der Waals surface area contributed by atoms with E-state index in [4.69, 9.17) is 9.47 Å². The zero-order chi connectivity index (χ0) is 20.9. The molecule has 2 rings (SSSR count). The molecule has 7 nitrogen and oxygen atoms in total. The molecule has 0 aromatic heterocycles. The fourth-order valence-electron chi connectivity index (χ4n) is 2.49. The molecule has 0 aliphatic heterocycles. The summed E-state index contributed by atoms with van der Waals surface area (Å²) in [7, 11) is -0.970. The standard InChI is InChI=1S/C20H26N2O5S/c1-13(2)12-21-20(23)17-11-16(8-6-14(17)3)28(24,25)22-18-9-7-15(26-4)10-19(18)27-5/h6-11,13,22H,12H2,1-5H3,(H,21,23). The lowest BCUT2D eigenvalue weighted by Gasteiger charge is -2.14. The second-order valence-electron chi connectivity index (χ2n) is 6.75. The number of anilines is 1. The number of benzene rings is 2. The number of rotatable bonds is 8. The third-order valence-corrected chi connectivity index (χ3v) is 5.45. The Morgan fingerprint density at radius 3 is 2.39 bits per heavy atom. The molecular weight excluding hydrogens is 380 g/mol. The molecule has 2 aromatic carbocycles. The first-order valence-electron chi connectivity index (χ1n) is 8.81. The van der Waals surface area contributed by atoms with E-state index in [1.54, 1.807) is 31.2 Å². The molecule has 2 N–H and O–H groups in total.